The lowest BCUT2D eigenvalue weighted by atomic mass is 10.3. The van der Waals surface area contributed by atoms with E-state index in [0.717, 1.165) is 38.5 Å². The molecule has 5 nitrogen and oxygen atoms in total. The molecule has 0 atom stereocenters. The summed E-state index contributed by atoms with van der Waals surface area (Å²) in [5.74, 6) is 0.885. The molecule has 3 rings (SSSR count). The lowest BCUT2D eigenvalue weighted by molar-refractivity contribution is -0.117. The highest BCUT2D eigenvalue weighted by Crippen LogP contribution is 2.29. The summed E-state index contributed by atoms with van der Waals surface area (Å²) >= 11 is 12.0. The maximum atomic E-state index is 12.2. The minimum atomic E-state index is -0.0846. The Hall–Kier alpha value is -1.53. The van der Waals surface area contributed by atoms with E-state index in [2.05, 4.69) is 15.1 Å². The molecule has 0 radical (unpaired) electrons. The van der Waals surface area contributed by atoms with E-state index in [0.29, 0.717) is 22.3 Å². The van der Waals surface area contributed by atoms with Crippen LogP contribution >= 0.6 is 23.2 Å². The number of piperazine rings is 1. The van der Waals surface area contributed by atoms with Crippen LogP contribution in [0.3, 0.4) is 0 Å². The molecule has 1 aliphatic heterocycles. The molecule has 128 valence electrons. The standard InChI is InChI=1S/C17H19Cl2N3O2/c18-14-4-1-5-15(17(14)19)20-16(23)12-22-8-6-21(7-9-22)11-13-3-2-10-24-13/h1-5,10H,6-9,11-12H2,(H,20,23). The van der Waals surface area contributed by atoms with Crippen molar-refractivity contribution in [1.82, 2.24) is 9.80 Å². The number of carbonyl (C=O) groups excluding carboxylic acids is 1. The summed E-state index contributed by atoms with van der Waals surface area (Å²) in [7, 11) is 0. The zero-order valence-corrected chi connectivity index (χ0v) is 14.7. The first-order valence-corrected chi connectivity index (χ1v) is 8.58. The van der Waals surface area contributed by atoms with E-state index in [1.165, 1.54) is 0 Å². The Bertz CT molecular complexity index is 683. The van der Waals surface area contributed by atoms with E-state index < -0.39 is 0 Å². The fourth-order valence-electron chi connectivity index (χ4n) is 2.72. The predicted molar refractivity (Wildman–Crippen MR) is 95.5 cm³/mol. The van der Waals surface area contributed by atoms with Crippen molar-refractivity contribution in [2.45, 2.75) is 6.54 Å². The van der Waals surface area contributed by atoms with Gasteiger partial charge in [0.2, 0.25) is 5.91 Å². The van der Waals surface area contributed by atoms with Crippen LogP contribution in [0.4, 0.5) is 5.69 Å². The average Bonchev–Trinajstić information content (AvgIpc) is 3.07. The largest absolute Gasteiger partial charge is 0.468 e. The summed E-state index contributed by atoms with van der Waals surface area (Å²) in [5.41, 5.74) is 0.547. The highest BCUT2D eigenvalue weighted by atomic mass is 35.5. The minimum absolute atomic E-state index is 0.0846. The molecule has 1 saturated heterocycles. The van der Waals surface area contributed by atoms with E-state index in [9.17, 15) is 4.79 Å². The molecule has 1 aromatic carbocycles. The van der Waals surface area contributed by atoms with Crippen molar-refractivity contribution in [3.63, 3.8) is 0 Å². The molecule has 0 aliphatic carbocycles. The second-order valence-electron chi connectivity index (χ2n) is 5.78. The predicted octanol–water partition coefficient (Wildman–Crippen LogP) is 3.34. The second-order valence-corrected chi connectivity index (χ2v) is 6.57. The van der Waals surface area contributed by atoms with E-state index in [-0.39, 0.29) is 5.91 Å². The fraction of sp³-hybridized carbons (Fsp3) is 0.353. The number of carbonyl (C=O) groups is 1. The Morgan fingerprint density at radius 1 is 1.08 bits per heavy atom. The Morgan fingerprint density at radius 3 is 2.54 bits per heavy atom. The quantitative estimate of drug-likeness (QED) is 0.880. The normalized spacial score (nSPS) is 16.2. The molecule has 2 heterocycles. The number of rotatable bonds is 5. The number of hydrogen-bond donors (Lipinski definition) is 1. The number of benzene rings is 1. The fourth-order valence-corrected chi connectivity index (χ4v) is 3.07. The summed E-state index contributed by atoms with van der Waals surface area (Å²) in [6, 6.07) is 9.08. The van der Waals surface area contributed by atoms with Crippen molar-refractivity contribution in [2.75, 3.05) is 38.0 Å². The van der Waals surface area contributed by atoms with Crippen LogP contribution in [0.5, 0.6) is 0 Å². The number of anilines is 1. The highest BCUT2D eigenvalue weighted by molar-refractivity contribution is 6.43. The van der Waals surface area contributed by atoms with Crippen molar-refractivity contribution in [3.05, 3.63) is 52.4 Å². The zero-order chi connectivity index (χ0) is 16.9. The average molecular weight is 368 g/mol. The monoisotopic (exact) mass is 367 g/mol. The van der Waals surface area contributed by atoms with Gasteiger partial charge < -0.3 is 9.73 Å². The van der Waals surface area contributed by atoms with Crippen LogP contribution < -0.4 is 5.32 Å². The van der Waals surface area contributed by atoms with Gasteiger partial charge in [0.1, 0.15) is 5.76 Å². The smallest absolute Gasteiger partial charge is 0.238 e. The van der Waals surface area contributed by atoms with Gasteiger partial charge in [0.05, 0.1) is 35.1 Å². The topological polar surface area (TPSA) is 48.7 Å². The molecule has 0 unspecified atom stereocenters. The minimum Gasteiger partial charge on any atom is -0.468 e. The van der Waals surface area contributed by atoms with Crippen LogP contribution in [0.2, 0.25) is 10.0 Å². The molecular formula is C17H19Cl2N3O2. The van der Waals surface area contributed by atoms with Gasteiger partial charge in [-0.05, 0) is 24.3 Å². The molecule has 1 N–H and O–H groups in total. The molecule has 1 aliphatic rings. The third-order valence-electron chi connectivity index (χ3n) is 4.02. The van der Waals surface area contributed by atoms with Gasteiger partial charge in [-0.25, -0.2) is 0 Å². The lowest BCUT2D eigenvalue weighted by Gasteiger charge is -2.33. The van der Waals surface area contributed by atoms with Crippen molar-refractivity contribution in [3.8, 4) is 0 Å². The molecule has 1 aromatic heterocycles. The Balaban J connectivity index is 1.45. The van der Waals surface area contributed by atoms with E-state index in [1.807, 2.05) is 12.1 Å². The van der Waals surface area contributed by atoms with Crippen molar-refractivity contribution in [2.24, 2.45) is 0 Å². The molecule has 1 fully saturated rings. The van der Waals surface area contributed by atoms with E-state index in [4.69, 9.17) is 27.6 Å². The number of furan rings is 1. The van der Waals surface area contributed by atoms with Gasteiger partial charge in [0.25, 0.3) is 0 Å². The highest BCUT2D eigenvalue weighted by Gasteiger charge is 2.20. The van der Waals surface area contributed by atoms with Crippen molar-refractivity contribution >= 4 is 34.8 Å². The molecule has 2 aromatic rings. The van der Waals surface area contributed by atoms with Gasteiger partial charge in [0, 0.05) is 26.2 Å². The molecule has 1 amide bonds. The molecule has 0 bridgehead atoms. The van der Waals surface area contributed by atoms with Gasteiger partial charge in [-0.2, -0.15) is 0 Å². The Labute approximate surface area is 151 Å². The first-order valence-electron chi connectivity index (χ1n) is 7.83. The summed E-state index contributed by atoms with van der Waals surface area (Å²) < 4.78 is 5.37. The zero-order valence-electron chi connectivity index (χ0n) is 13.2. The van der Waals surface area contributed by atoms with Gasteiger partial charge in [-0.15, -0.1) is 0 Å². The van der Waals surface area contributed by atoms with Crippen LogP contribution in [0, 0.1) is 0 Å². The lowest BCUT2D eigenvalue weighted by Crippen LogP contribution is -2.48. The number of halogens is 2. The van der Waals surface area contributed by atoms with Crippen LogP contribution in [0.15, 0.2) is 41.0 Å². The molecule has 7 heteroatoms. The van der Waals surface area contributed by atoms with Crippen molar-refractivity contribution < 1.29 is 9.21 Å². The molecular weight excluding hydrogens is 349 g/mol. The maximum Gasteiger partial charge on any atom is 0.238 e. The molecule has 0 spiro atoms. The summed E-state index contributed by atoms with van der Waals surface area (Å²) in [5, 5.41) is 3.62. The third kappa shape index (κ3) is 4.51. The van der Waals surface area contributed by atoms with Crippen LogP contribution in [-0.4, -0.2) is 48.4 Å². The summed E-state index contributed by atoms with van der Waals surface area (Å²) in [6.07, 6.45) is 1.69. The van der Waals surface area contributed by atoms with Crippen LogP contribution in [0.1, 0.15) is 5.76 Å². The summed E-state index contributed by atoms with van der Waals surface area (Å²) in [4.78, 5) is 16.7. The van der Waals surface area contributed by atoms with Gasteiger partial charge in [0.15, 0.2) is 0 Å². The first-order chi connectivity index (χ1) is 11.6. The SMILES string of the molecule is O=C(CN1CCN(Cc2ccco2)CC1)Nc1cccc(Cl)c1Cl. The molecule has 0 saturated carbocycles. The van der Waals surface area contributed by atoms with Crippen LogP contribution in [0.25, 0.3) is 0 Å². The third-order valence-corrected chi connectivity index (χ3v) is 4.84. The number of hydrogen-bond acceptors (Lipinski definition) is 4. The number of nitrogens with one attached hydrogen (secondary N) is 1. The van der Waals surface area contributed by atoms with Gasteiger partial charge >= 0.3 is 0 Å². The molecule has 24 heavy (non-hydrogen) atoms. The van der Waals surface area contributed by atoms with Gasteiger partial charge in [-0.3, -0.25) is 14.6 Å². The first kappa shape index (κ1) is 17.3. The number of amides is 1. The van der Waals surface area contributed by atoms with Crippen LogP contribution in [-0.2, 0) is 11.3 Å². The Kier molecular flexibility index (Phi) is 5.79. The summed E-state index contributed by atoms with van der Waals surface area (Å²) in [6.45, 7) is 4.66. The van der Waals surface area contributed by atoms with E-state index >= 15 is 0 Å². The van der Waals surface area contributed by atoms with E-state index in [1.54, 1.807) is 24.5 Å². The second kappa shape index (κ2) is 8.03. The van der Waals surface area contributed by atoms with Crippen molar-refractivity contribution in [1.29, 1.82) is 0 Å². The maximum absolute atomic E-state index is 12.2. The Morgan fingerprint density at radius 2 is 1.83 bits per heavy atom. The van der Waals surface area contributed by atoms with Gasteiger partial charge in [-0.1, -0.05) is 29.3 Å². The number of nitrogens with zero attached hydrogens (tertiary/aromatic N) is 2.